The summed E-state index contributed by atoms with van der Waals surface area (Å²) in [5.74, 6) is 0.751. The Labute approximate surface area is 125 Å². The van der Waals surface area contributed by atoms with Crippen molar-refractivity contribution in [3.63, 3.8) is 0 Å². The lowest BCUT2D eigenvalue weighted by molar-refractivity contribution is -0.137. The van der Waals surface area contributed by atoms with Crippen LogP contribution >= 0.6 is 0 Å². The molecule has 0 spiro atoms. The Hall–Kier alpha value is -1.75. The minimum atomic E-state index is -0.725. The van der Waals surface area contributed by atoms with E-state index in [0.717, 1.165) is 37.4 Å². The first-order valence-electron chi connectivity index (χ1n) is 7.33. The van der Waals surface area contributed by atoms with Gasteiger partial charge in [-0.25, -0.2) is 0 Å². The predicted octanol–water partition coefficient (Wildman–Crippen LogP) is 2.71. The van der Waals surface area contributed by atoms with Crippen molar-refractivity contribution in [2.24, 2.45) is 0 Å². The molecule has 1 N–H and O–H groups in total. The quantitative estimate of drug-likeness (QED) is 0.837. The van der Waals surface area contributed by atoms with E-state index in [9.17, 15) is 4.79 Å². The molecule has 1 saturated heterocycles. The van der Waals surface area contributed by atoms with E-state index in [1.165, 1.54) is 5.56 Å². The highest BCUT2D eigenvalue weighted by molar-refractivity contribution is 5.66. The number of hydrogen-bond donors (Lipinski definition) is 1. The van der Waals surface area contributed by atoms with Crippen molar-refractivity contribution < 1.29 is 19.4 Å². The van der Waals surface area contributed by atoms with Crippen LogP contribution in [0, 0.1) is 0 Å². The number of carboxylic acids is 1. The lowest BCUT2D eigenvalue weighted by Crippen LogP contribution is -2.25. The summed E-state index contributed by atoms with van der Waals surface area (Å²) in [6.07, 6.45) is 3.17. The van der Waals surface area contributed by atoms with Crippen LogP contribution in [0.15, 0.2) is 18.2 Å². The van der Waals surface area contributed by atoms with Gasteiger partial charge in [0.25, 0.3) is 0 Å². The molecule has 5 heteroatoms. The van der Waals surface area contributed by atoms with Gasteiger partial charge in [0.15, 0.2) is 11.5 Å². The lowest BCUT2D eigenvalue weighted by atomic mass is 10.0. The van der Waals surface area contributed by atoms with Crippen molar-refractivity contribution in [1.82, 2.24) is 4.90 Å². The van der Waals surface area contributed by atoms with Gasteiger partial charge in [0.2, 0.25) is 0 Å². The smallest absolute Gasteiger partial charge is 0.303 e. The topological polar surface area (TPSA) is 59.0 Å². The summed E-state index contributed by atoms with van der Waals surface area (Å²) in [4.78, 5) is 13.0. The minimum Gasteiger partial charge on any atom is -0.493 e. The van der Waals surface area contributed by atoms with E-state index in [1.807, 2.05) is 12.1 Å². The molecule has 0 amide bonds. The minimum absolute atomic E-state index is 0.231. The molecule has 1 fully saturated rings. The van der Waals surface area contributed by atoms with E-state index < -0.39 is 5.97 Å². The Morgan fingerprint density at radius 2 is 2.10 bits per heavy atom. The monoisotopic (exact) mass is 293 g/mol. The molecule has 21 heavy (non-hydrogen) atoms. The van der Waals surface area contributed by atoms with Gasteiger partial charge in [-0.1, -0.05) is 6.07 Å². The van der Waals surface area contributed by atoms with Crippen LogP contribution in [0.4, 0.5) is 0 Å². The number of aliphatic carboxylic acids is 1. The van der Waals surface area contributed by atoms with Gasteiger partial charge in [0.05, 0.1) is 14.2 Å². The molecular formula is C16H23NO4. The van der Waals surface area contributed by atoms with Gasteiger partial charge >= 0.3 is 5.97 Å². The second-order valence-electron chi connectivity index (χ2n) is 5.31. The maximum atomic E-state index is 10.6. The van der Waals surface area contributed by atoms with Gasteiger partial charge in [0, 0.05) is 12.5 Å². The normalized spacial score (nSPS) is 18.7. The van der Waals surface area contributed by atoms with Crippen LogP contribution in [0.1, 0.15) is 37.3 Å². The van der Waals surface area contributed by atoms with Gasteiger partial charge < -0.3 is 14.6 Å². The largest absolute Gasteiger partial charge is 0.493 e. The average Bonchev–Trinajstić information content (AvgIpc) is 2.94. The van der Waals surface area contributed by atoms with Crippen molar-refractivity contribution in [2.45, 2.75) is 31.7 Å². The first-order chi connectivity index (χ1) is 10.2. The van der Waals surface area contributed by atoms with Gasteiger partial charge in [-0.3, -0.25) is 9.69 Å². The van der Waals surface area contributed by atoms with Crippen LogP contribution in [0.2, 0.25) is 0 Å². The Balaban J connectivity index is 2.06. The molecule has 0 aliphatic carbocycles. The fraction of sp³-hybridized carbons (Fsp3) is 0.562. The van der Waals surface area contributed by atoms with E-state index in [4.69, 9.17) is 14.6 Å². The standard InChI is InChI=1S/C16H23NO4/c1-20-14-8-7-12(11-15(14)21-2)13-5-3-9-17(13)10-4-6-16(18)19/h7-8,11,13H,3-6,9-10H2,1-2H3,(H,18,19). The maximum Gasteiger partial charge on any atom is 0.303 e. The van der Waals surface area contributed by atoms with Crippen LogP contribution in [0.5, 0.6) is 11.5 Å². The second kappa shape index (κ2) is 7.31. The molecule has 1 aliphatic rings. The number of benzene rings is 1. The third kappa shape index (κ3) is 3.88. The number of hydrogen-bond acceptors (Lipinski definition) is 4. The molecule has 2 rings (SSSR count). The molecule has 1 aromatic carbocycles. The summed E-state index contributed by atoms with van der Waals surface area (Å²) in [5.41, 5.74) is 1.21. The van der Waals surface area contributed by atoms with Crippen LogP contribution in [-0.2, 0) is 4.79 Å². The van der Waals surface area contributed by atoms with Crippen molar-refractivity contribution in [3.05, 3.63) is 23.8 Å². The number of methoxy groups -OCH3 is 2. The molecule has 0 aromatic heterocycles. The molecule has 5 nitrogen and oxygen atoms in total. The molecular weight excluding hydrogens is 270 g/mol. The number of nitrogens with zero attached hydrogens (tertiary/aromatic N) is 1. The summed E-state index contributed by atoms with van der Waals surface area (Å²) in [5, 5.41) is 8.75. The zero-order valence-electron chi connectivity index (χ0n) is 12.7. The molecule has 0 radical (unpaired) electrons. The predicted molar refractivity (Wildman–Crippen MR) is 80.0 cm³/mol. The molecule has 116 valence electrons. The molecule has 1 unspecified atom stereocenters. The SMILES string of the molecule is COc1ccc(C2CCCN2CCCC(=O)O)cc1OC. The lowest BCUT2D eigenvalue weighted by Gasteiger charge is -2.25. The highest BCUT2D eigenvalue weighted by Gasteiger charge is 2.26. The van der Waals surface area contributed by atoms with E-state index in [2.05, 4.69) is 11.0 Å². The zero-order valence-corrected chi connectivity index (χ0v) is 12.7. The van der Waals surface area contributed by atoms with E-state index in [1.54, 1.807) is 14.2 Å². The summed E-state index contributed by atoms with van der Waals surface area (Å²) < 4.78 is 10.6. The molecule has 1 aromatic rings. The van der Waals surface area contributed by atoms with Crippen LogP contribution in [0.25, 0.3) is 0 Å². The van der Waals surface area contributed by atoms with Gasteiger partial charge in [-0.15, -0.1) is 0 Å². The van der Waals surface area contributed by atoms with Crippen molar-refractivity contribution in [1.29, 1.82) is 0 Å². The van der Waals surface area contributed by atoms with E-state index in [0.29, 0.717) is 12.5 Å². The highest BCUT2D eigenvalue weighted by Crippen LogP contribution is 2.36. The van der Waals surface area contributed by atoms with Gasteiger partial charge in [-0.2, -0.15) is 0 Å². The number of rotatable bonds is 7. The number of likely N-dealkylation sites (tertiary alicyclic amines) is 1. The molecule has 0 saturated carbocycles. The van der Waals surface area contributed by atoms with Crippen molar-refractivity contribution >= 4 is 5.97 Å². The maximum absolute atomic E-state index is 10.6. The van der Waals surface area contributed by atoms with Crippen LogP contribution in [0.3, 0.4) is 0 Å². The summed E-state index contributed by atoms with van der Waals surface area (Å²) >= 11 is 0. The van der Waals surface area contributed by atoms with E-state index >= 15 is 0 Å². The number of carbonyl (C=O) groups is 1. The summed E-state index contributed by atoms with van der Waals surface area (Å²) in [6.45, 7) is 1.85. The molecule has 1 aliphatic heterocycles. The fourth-order valence-electron chi connectivity index (χ4n) is 2.96. The first-order valence-corrected chi connectivity index (χ1v) is 7.33. The van der Waals surface area contributed by atoms with E-state index in [-0.39, 0.29) is 6.42 Å². The Bertz CT molecular complexity index is 489. The first kappa shape index (κ1) is 15.6. The third-order valence-electron chi connectivity index (χ3n) is 3.99. The Morgan fingerprint density at radius 3 is 2.76 bits per heavy atom. The van der Waals surface area contributed by atoms with Gasteiger partial charge in [0.1, 0.15) is 0 Å². The Kier molecular flexibility index (Phi) is 5.44. The molecule has 1 atom stereocenters. The summed E-state index contributed by atoms with van der Waals surface area (Å²) in [7, 11) is 3.27. The van der Waals surface area contributed by atoms with Crippen LogP contribution in [-0.4, -0.2) is 43.3 Å². The molecule has 0 bridgehead atoms. The average molecular weight is 293 g/mol. The van der Waals surface area contributed by atoms with Crippen LogP contribution < -0.4 is 9.47 Å². The third-order valence-corrected chi connectivity index (χ3v) is 3.99. The number of ether oxygens (including phenoxy) is 2. The number of carboxylic acid groups (broad SMARTS) is 1. The Morgan fingerprint density at radius 1 is 1.33 bits per heavy atom. The van der Waals surface area contributed by atoms with Gasteiger partial charge in [-0.05, 0) is 50.0 Å². The highest BCUT2D eigenvalue weighted by atomic mass is 16.5. The summed E-state index contributed by atoms with van der Waals surface area (Å²) in [6, 6.07) is 6.38. The fourth-order valence-corrected chi connectivity index (χ4v) is 2.96. The van der Waals surface area contributed by atoms with Crippen molar-refractivity contribution in [2.75, 3.05) is 27.3 Å². The zero-order chi connectivity index (χ0) is 15.2. The second-order valence-corrected chi connectivity index (χ2v) is 5.31. The van der Waals surface area contributed by atoms with Crippen molar-refractivity contribution in [3.8, 4) is 11.5 Å². The molecule has 1 heterocycles.